The molecule has 0 radical (unpaired) electrons. The van der Waals surface area contributed by atoms with E-state index in [1.54, 1.807) is 34.2 Å². The molecule has 0 aliphatic carbocycles. The molecule has 168 valence electrons. The van der Waals surface area contributed by atoms with Crippen LogP contribution in [-0.2, 0) is 6.54 Å². The third-order valence-electron chi connectivity index (χ3n) is 5.04. The van der Waals surface area contributed by atoms with Crippen molar-refractivity contribution in [3.05, 3.63) is 99.8 Å². The summed E-state index contributed by atoms with van der Waals surface area (Å²) in [5.74, 6) is 0. The molecule has 0 amide bonds. The van der Waals surface area contributed by atoms with Crippen molar-refractivity contribution >= 4 is 45.6 Å². The highest BCUT2D eigenvalue weighted by Gasteiger charge is 2.18. The van der Waals surface area contributed by atoms with Crippen molar-refractivity contribution in [2.24, 2.45) is 0 Å². The van der Waals surface area contributed by atoms with Gasteiger partial charge in [0.1, 0.15) is 11.8 Å². The fourth-order valence-corrected chi connectivity index (χ4v) is 4.80. The van der Waals surface area contributed by atoms with E-state index in [4.69, 9.17) is 28.5 Å². The number of fused-ring (bicyclic) bond motifs is 1. The van der Waals surface area contributed by atoms with E-state index in [1.807, 2.05) is 21.8 Å². The van der Waals surface area contributed by atoms with Crippen LogP contribution in [0.25, 0.3) is 22.4 Å². The number of aromatic nitrogens is 6. The maximum atomic E-state index is 12.5. The van der Waals surface area contributed by atoms with Gasteiger partial charge in [-0.1, -0.05) is 23.2 Å². The van der Waals surface area contributed by atoms with Gasteiger partial charge in [0.05, 0.1) is 39.5 Å². The standard InChI is InChI=1S/C21H11Cl2N7O3S/c22-13-5-12(29-21(33)26-20(32)15(7-24)27-29)6-14(23)19(13)30-16-1-2-18(31)28(17(16)8-25-30)9-11-3-4-34-10-11/h1-6,8,10H,9H2,(H,26,32,33). The van der Waals surface area contributed by atoms with E-state index in [-0.39, 0.29) is 21.3 Å². The van der Waals surface area contributed by atoms with E-state index >= 15 is 0 Å². The molecule has 5 rings (SSSR count). The summed E-state index contributed by atoms with van der Waals surface area (Å²) in [7, 11) is 0. The maximum Gasteiger partial charge on any atom is 0.349 e. The zero-order valence-electron chi connectivity index (χ0n) is 16.9. The van der Waals surface area contributed by atoms with Crippen LogP contribution >= 0.6 is 34.5 Å². The van der Waals surface area contributed by atoms with Crippen molar-refractivity contribution in [1.82, 2.24) is 29.1 Å². The van der Waals surface area contributed by atoms with Crippen LogP contribution in [0.5, 0.6) is 0 Å². The first-order valence-electron chi connectivity index (χ1n) is 9.59. The lowest BCUT2D eigenvalue weighted by Gasteiger charge is -2.12. The Bertz CT molecular complexity index is 1770. The number of pyridine rings is 1. The summed E-state index contributed by atoms with van der Waals surface area (Å²) in [6.07, 6.45) is 1.55. The van der Waals surface area contributed by atoms with Crippen molar-refractivity contribution in [3.63, 3.8) is 0 Å². The fraction of sp³-hybridized carbons (Fsp3) is 0.0476. The Hall–Kier alpha value is -3.98. The monoisotopic (exact) mass is 511 g/mol. The summed E-state index contributed by atoms with van der Waals surface area (Å²) in [6.45, 7) is 0.383. The molecule has 0 fully saturated rings. The lowest BCUT2D eigenvalue weighted by molar-refractivity contribution is 0.740. The van der Waals surface area contributed by atoms with Crippen molar-refractivity contribution in [1.29, 1.82) is 5.26 Å². The predicted octanol–water partition coefficient (Wildman–Crippen LogP) is 2.71. The van der Waals surface area contributed by atoms with Gasteiger partial charge in [0, 0.05) is 6.07 Å². The molecule has 0 aliphatic rings. The first-order valence-corrected chi connectivity index (χ1v) is 11.3. The van der Waals surface area contributed by atoms with Crippen LogP contribution in [0.3, 0.4) is 0 Å². The Morgan fingerprint density at radius 2 is 1.82 bits per heavy atom. The van der Waals surface area contributed by atoms with E-state index in [0.717, 1.165) is 10.2 Å². The van der Waals surface area contributed by atoms with Gasteiger partial charge in [0.2, 0.25) is 5.69 Å². The van der Waals surface area contributed by atoms with Gasteiger partial charge >= 0.3 is 5.69 Å². The molecule has 4 aromatic heterocycles. The molecule has 1 N–H and O–H groups in total. The topological polar surface area (TPSA) is 131 Å². The lowest BCUT2D eigenvalue weighted by atomic mass is 10.2. The van der Waals surface area contributed by atoms with Gasteiger partial charge in [-0.25, -0.2) is 9.48 Å². The number of nitrogens with one attached hydrogen (secondary N) is 1. The summed E-state index contributed by atoms with van der Waals surface area (Å²) < 4.78 is 3.92. The Morgan fingerprint density at radius 1 is 1.06 bits per heavy atom. The minimum Gasteiger partial charge on any atom is -0.301 e. The highest BCUT2D eigenvalue weighted by atomic mass is 35.5. The van der Waals surface area contributed by atoms with Gasteiger partial charge in [-0.15, -0.1) is 5.10 Å². The Kier molecular flexibility index (Phi) is 5.41. The Labute approximate surface area is 203 Å². The van der Waals surface area contributed by atoms with E-state index in [9.17, 15) is 14.4 Å². The third kappa shape index (κ3) is 3.63. The minimum atomic E-state index is -0.894. The Balaban J connectivity index is 1.65. The fourth-order valence-electron chi connectivity index (χ4n) is 3.50. The molecule has 0 spiro atoms. The summed E-state index contributed by atoms with van der Waals surface area (Å²) in [6, 6.07) is 9.45. The number of hydrogen-bond acceptors (Lipinski definition) is 7. The highest BCUT2D eigenvalue weighted by molar-refractivity contribution is 7.07. The van der Waals surface area contributed by atoms with Crippen LogP contribution in [0.15, 0.2) is 61.7 Å². The second kappa shape index (κ2) is 8.42. The largest absolute Gasteiger partial charge is 0.349 e. The molecule has 0 saturated heterocycles. The summed E-state index contributed by atoms with van der Waals surface area (Å²) in [4.78, 5) is 38.4. The number of aromatic amines is 1. The number of benzene rings is 1. The van der Waals surface area contributed by atoms with Gasteiger partial charge < -0.3 is 4.57 Å². The minimum absolute atomic E-state index is 0.126. The number of nitrogens with zero attached hydrogens (tertiary/aromatic N) is 6. The molecule has 10 nitrogen and oxygen atoms in total. The lowest BCUT2D eigenvalue weighted by Crippen LogP contribution is -2.33. The molecule has 0 saturated carbocycles. The number of rotatable bonds is 4. The van der Waals surface area contributed by atoms with Gasteiger partial charge in [-0.3, -0.25) is 14.6 Å². The quantitative estimate of drug-likeness (QED) is 0.394. The molecule has 0 unspecified atom stereocenters. The summed E-state index contributed by atoms with van der Waals surface area (Å²) in [5, 5.41) is 21.4. The molecule has 0 bridgehead atoms. The number of nitriles is 1. The second-order valence-corrected chi connectivity index (χ2v) is 8.70. The number of halogens is 2. The van der Waals surface area contributed by atoms with Gasteiger partial charge in [-0.05, 0) is 40.6 Å². The van der Waals surface area contributed by atoms with Crippen LogP contribution in [-0.4, -0.2) is 29.1 Å². The summed E-state index contributed by atoms with van der Waals surface area (Å²) in [5.41, 5.74) is 0.219. The van der Waals surface area contributed by atoms with Gasteiger partial charge in [-0.2, -0.15) is 26.4 Å². The second-order valence-electron chi connectivity index (χ2n) is 7.11. The molecule has 4 heterocycles. The van der Waals surface area contributed by atoms with E-state index < -0.39 is 16.9 Å². The zero-order valence-corrected chi connectivity index (χ0v) is 19.2. The van der Waals surface area contributed by atoms with Crippen molar-refractivity contribution in [2.75, 3.05) is 0 Å². The van der Waals surface area contributed by atoms with Crippen LogP contribution in [0.4, 0.5) is 0 Å². The first kappa shape index (κ1) is 21.8. The normalized spacial score (nSPS) is 11.1. The molecule has 1 aromatic carbocycles. The average Bonchev–Trinajstić information content (AvgIpc) is 3.46. The molecule has 5 aromatic rings. The van der Waals surface area contributed by atoms with Crippen molar-refractivity contribution in [2.45, 2.75) is 6.54 Å². The number of H-pyrrole nitrogens is 1. The molecule has 0 atom stereocenters. The molecule has 13 heteroatoms. The van der Waals surface area contributed by atoms with Crippen molar-refractivity contribution < 1.29 is 0 Å². The van der Waals surface area contributed by atoms with E-state index in [0.29, 0.717) is 23.3 Å². The summed E-state index contributed by atoms with van der Waals surface area (Å²) >= 11 is 14.6. The average molecular weight is 512 g/mol. The Morgan fingerprint density at radius 3 is 2.50 bits per heavy atom. The van der Waals surface area contributed by atoms with E-state index in [1.165, 1.54) is 22.9 Å². The predicted molar refractivity (Wildman–Crippen MR) is 127 cm³/mol. The maximum absolute atomic E-state index is 12.5. The number of thiophene rings is 1. The first-order chi connectivity index (χ1) is 16.4. The molecular weight excluding hydrogens is 501 g/mol. The third-order valence-corrected chi connectivity index (χ3v) is 6.35. The van der Waals surface area contributed by atoms with Crippen molar-refractivity contribution in [3.8, 4) is 17.4 Å². The van der Waals surface area contributed by atoms with Crippen LogP contribution in [0.2, 0.25) is 10.0 Å². The van der Waals surface area contributed by atoms with Crippen LogP contribution in [0, 0.1) is 11.3 Å². The van der Waals surface area contributed by atoms with Crippen LogP contribution < -0.4 is 16.8 Å². The smallest absolute Gasteiger partial charge is 0.301 e. The van der Waals surface area contributed by atoms with Gasteiger partial charge in [0.15, 0.2) is 0 Å². The van der Waals surface area contributed by atoms with E-state index in [2.05, 4.69) is 10.2 Å². The van der Waals surface area contributed by atoms with Crippen LogP contribution in [0.1, 0.15) is 11.3 Å². The van der Waals surface area contributed by atoms with Gasteiger partial charge in [0.25, 0.3) is 11.1 Å². The molecule has 0 aliphatic heterocycles. The highest BCUT2D eigenvalue weighted by Crippen LogP contribution is 2.33. The molecular formula is C21H11Cl2N7O3S. The molecule has 34 heavy (non-hydrogen) atoms. The SMILES string of the molecule is N#Cc1nn(-c2cc(Cl)c(-n3ncc4c3ccc(=O)n4Cc3ccsc3)c(Cl)c2)c(=O)[nH]c1=O. The zero-order chi connectivity index (χ0) is 24.0. The number of hydrogen-bond donors (Lipinski definition) is 1.